The van der Waals surface area contributed by atoms with Crippen LogP contribution in [0.1, 0.15) is 32.1 Å². The van der Waals surface area contributed by atoms with Crippen LogP contribution in [0.4, 0.5) is 0 Å². The average Bonchev–Trinajstić information content (AvgIpc) is 2.70. The van der Waals surface area contributed by atoms with E-state index in [9.17, 15) is 14.7 Å². The summed E-state index contributed by atoms with van der Waals surface area (Å²) in [6.45, 7) is 1.52. The molecule has 6 nitrogen and oxygen atoms in total. The molecule has 6 heteroatoms. The zero-order chi connectivity index (χ0) is 13.2. The Morgan fingerprint density at radius 3 is 2.72 bits per heavy atom. The molecule has 1 saturated carbocycles. The van der Waals surface area contributed by atoms with Crippen molar-refractivity contribution < 1.29 is 19.8 Å². The van der Waals surface area contributed by atoms with Crippen LogP contribution in [0.3, 0.4) is 0 Å². The molecule has 2 rings (SSSR count). The maximum atomic E-state index is 11.7. The van der Waals surface area contributed by atoms with E-state index in [4.69, 9.17) is 5.11 Å². The summed E-state index contributed by atoms with van der Waals surface area (Å²) in [7, 11) is 0. The predicted octanol–water partition coefficient (Wildman–Crippen LogP) is -0.433. The summed E-state index contributed by atoms with van der Waals surface area (Å²) < 4.78 is 0. The maximum Gasteiger partial charge on any atom is 0.305 e. The molecule has 1 heterocycles. The Kier molecular flexibility index (Phi) is 3.87. The van der Waals surface area contributed by atoms with Crippen LogP contribution in [0.15, 0.2) is 0 Å². The number of nitrogens with one attached hydrogen (secondary N) is 1. The molecule has 18 heavy (non-hydrogen) atoms. The van der Waals surface area contributed by atoms with Crippen LogP contribution in [0, 0.1) is 0 Å². The van der Waals surface area contributed by atoms with Crippen molar-refractivity contribution in [3.05, 3.63) is 0 Å². The standard InChI is InChI=1S/C12H20N2O4/c15-10(16)7-9-11(17)13-5-6-14(9)8-12(18)3-1-2-4-12/h9,18H,1-8H2,(H,13,17)(H,15,16). The number of hydrogen-bond donors (Lipinski definition) is 3. The van der Waals surface area contributed by atoms with Crippen molar-refractivity contribution in [2.45, 2.75) is 43.7 Å². The highest BCUT2D eigenvalue weighted by molar-refractivity contribution is 5.86. The van der Waals surface area contributed by atoms with Crippen molar-refractivity contribution in [1.29, 1.82) is 0 Å². The van der Waals surface area contributed by atoms with Crippen molar-refractivity contribution in [3.63, 3.8) is 0 Å². The second kappa shape index (κ2) is 5.24. The van der Waals surface area contributed by atoms with E-state index in [2.05, 4.69) is 5.32 Å². The lowest BCUT2D eigenvalue weighted by atomic mass is 9.99. The van der Waals surface area contributed by atoms with E-state index in [1.54, 1.807) is 0 Å². The minimum absolute atomic E-state index is 0.206. The summed E-state index contributed by atoms with van der Waals surface area (Å²) in [5.41, 5.74) is -0.742. The molecule has 2 fully saturated rings. The fourth-order valence-corrected chi connectivity index (χ4v) is 2.91. The number of carbonyl (C=O) groups excluding carboxylic acids is 1. The molecule has 0 bridgehead atoms. The number of β-amino-alcohol motifs (C(OH)–C–C–N with tert-alkyl or cyclic N) is 1. The van der Waals surface area contributed by atoms with Crippen LogP contribution >= 0.6 is 0 Å². The number of aliphatic hydroxyl groups is 1. The van der Waals surface area contributed by atoms with Crippen LogP contribution in [0.2, 0.25) is 0 Å². The maximum absolute atomic E-state index is 11.7. The third-order valence-electron chi connectivity index (χ3n) is 3.84. The molecular weight excluding hydrogens is 236 g/mol. The fraction of sp³-hybridized carbons (Fsp3) is 0.833. The van der Waals surface area contributed by atoms with Gasteiger partial charge in [0.25, 0.3) is 0 Å². The topological polar surface area (TPSA) is 89.9 Å². The molecule has 1 saturated heterocycles. The molecule has 0 aromatic carbocycles. The Morgan fingerprint density at radius 1 is 1.44 bits per heavy atom. The number of carboxylic acids is 1. The van der Waals surface area contributed by atoms with Crippen LogP contribution in [0.25, 0.3) is 0 Å². The fourth-order valence-electron chi connectivity index (χ4n) is 2.91. The van der Waals surface area contributed by atoms with Gasteiger partial charge >= 0.3 is 5.97 Å². The summed E-state index contributed by atoms with van der Waals surface area (Å²) in [5.74, 6) is -1.23. The number of carbonyl (C=O) groups is 2. The molecule has 102 valence electrons. The predicted molar refractivity (Wildman–Crippen MR) is 64.0 cm³/mol. The summed E-state index contributed by atoms with van der Waals surface area (Å²) in [6.07, 6.45) is 3.28. The first kappa shape index (κ1) is 13.3. The number of amides is 1. The van der Waals surface area contributed by atoms with Crippen molar-refractivity contribution in [1.82, 2.24) is 10.2 Å². The molecule has 0 aromatic rings. The minimum atomic E-state index is -0.986. The minimum Gasteiger partial charge on any atom is -0.481 e. The van der Waals surface area contributed by atoms with Gasteiger partial charge in [0, 0.05) is 19.6 Å². The van der Waals surface area contributed by atoms with Gasteiger partial charge < -0.3 is 15.5 Å². The van der Waals surface area contributed by atoms with Crippen molar-refractivity contribution in [2.24, 2.45) is 0 Å². The second-order valence-corrected chi connectivity index (χ2v) is 5.31. The third-order valence-corrected chi connectivity index (χ3v) is 3.84. The molecule has 0 radical (unpaired) electrons. The molecule has 3 N–H and O–H groups in total. The quantitative estimate of drug-likeness (QED) is 0.635. The number of rotatable bonds is 4. The van der Waals surface area contributed by atoms with E-state index in [1.807, 2.05) is 4.90 Å². The molecule has 1 amide bonds. The summed E-state index contributed by atoms with van der Waals surface area (Å²) >= 11 is 0. The van der Waals surface area contributed by atoms with Gasteiger partial charge in [0.05, 0.1) is 18.1 Å². The first-order valence-corrected chi connectivity index (χ1v) is 6.46. The molecule has 1 unspecified atom stereocenters. The number of piperazine rings is 1. The van der Waals surface area contributed by atoms with Gasteiger partial charge in [-0.15, -0.1) is 0 Å². The lowest BCUT2D eigenvalue weighted by molar-refractivity contribution is -0.144. The lowest BCUT2D eigenvalue weighted by Crippen LogP contribution is -2.59. The largest absolute Gasteiger partial charge is 0.481 e. The van der Waals surface area contributed by atoms with Crippen LogP contribution in [0.5, 0.6) is 0 Å². The molecule has 0 spiro atoms. The summed E-state index contributed by atoms with van der Waals surface area (Å²) in [5, 5.41) is 21.9. The number of carboxylic acid groups (broad SMARTS) is 1. The highest BCUT2D eigenvalue weighted by Crippen LogP contribution is 2.31. The molecular formula is C12H20N2O4. The highest BCUT2D eigenvalue weighted by atomic mass is 16.4. The SMILES string of the molecule is O=C(O)CC1C(=O)NCCN1CC1(O)CCCC1. The smallest absolute Gasteiger partial charge is 0.305 e. The molecule has 2 aliphatic rings. The Hall–Kier alpha value is -1.14. The van der Waals surface area contributed by atoms with E-state index in [0.717, 1.165) is 25.7 Å². The first-order chi connectivity index (χ1) is 8.50. The number of nitrogens with zero attached hydrogens (tertiary/aromatic N) is 1. The first-order valence-electron chi connectivity index (χ1n) is 6.46. The van der Waals surface area contributed by atoms with Crippen LogP contribution in [-0.4, -0.2) is 58.3 Å². The van der Waals surface area contributed by atoms with Gasteiger partial charge in [-0.1, -0.05) is 12.8 Å². The van der Waals surface area contributed by atoms with E-state index >= 15 is 0 Å². The third kappa shape index (κ3) is 3.00. The van der Waals surface area contributed by atoms with Crippen molar-refractivity contribution in [2.75, 3.05) is 19.6 Å². The van der Waals surface area contributed by atoms with Crippen molar-refractivity contribution in [3.8, 4) is 0 Å². The monoisotopic (exact) mass is 256 g/mol. The molecule has 0 aromatic heterocycles. The van der Waals surface area contributed by atoms with Gasteiger partial charge in [0.2, 0.25) is 5.91 Å². The molecule has 1 aliphatic carbocycles. The lowest BCUT2D eigenvalue weighted by Gasteiger charge is -2.38. The van der Waals surface area contributed by atoms with E-state index in [1.165, 1.54) is 0 Å². The molecule has 1 aliphatic heterocycles. The summed E-state index contributed by atoms with van der Waals surface area (Å²) in [4.78, 5) is 24.3. The van der Waals surface area contributed by atoms with Crippen LogP contribution in [-0.2, 0) is 9.59 Å². The van der Waals surface area contributed by atoms with Crippen LogP contribution < -0.4 is 5.32 Å². The normalized spacial score (nSPS) is 28.1. The van der Waals surface area contributed by atoms with Gasteiger partial charge in [-0.05, 0) is 12.8 Å². The highest BCUT2D eigenvalue weighted by Gasteiger charge is 2.39. The van der Waals surface area contributed by atoms with Gasteiger partial charge in [-0.25, -0.2) is 0 Å². The summed E-state index contributed by atoms with van der Waals surface area (Å²) in [6, 6.07) is -0.652. The van der Waals surface area contributed by atoms with E-state index in [0.29, 0.717) is 19.6 Å². The Balaban J connectivity index is 2.03. The number of hydrogen-bond acceptors (Lipinski definition) is 4. The van der Waals surface area contributed by atoms with Crippen molar-refractivity contribution >= 4 is 11.9 Å². The van der Waals surface area contributed by atoms with Gasteiger partial charge in [-0.2, -0.15) is 0 Å². The Bertz CT molecular complexity index is 339. The van der Waals surface area contributed by atoms with Gasteiger partial charge in [0.15, 0.2) is 0 Å². The Labute approximate surface area is 106 Å². The second-order valence-electron chi connectivity index (χ2n) is 5.31. The zero-order valence-corrected chi connectivity index (χ0v) is 10.4. The van der Waals surface area contributed by atoms with Gasteiger partial charge in [0.1, 0.15) is 0 Å². The van der Waals surface area contributed by atoms with E-state index in [-0.39, 0.29) is 12.3 Å². The van der Waals surface area contributed by atoms with Gasteiger partial charge in [-0.3, -0.25) is 14.5 Å². The Morgan fingerprint density at radius 2 is 2.11 bits per heavy atom. The van der Waals surface area contributed by atoms with E-state index < -0.39 is 17.6 Å². The zero-order valence-electron chi connectivity index (χ0n) is 10.4. The molecule has 1 atom stereocenters. The average molecular weight is 256 g/mol. The number of aliphatic carboxylic acids is 1.